The van der Waals surface area contributed by atoms with Crippen LogP contribution in [-0.4, -0.2) is 25.1 Å². The second-order valence-corrected chi connectivity index (χ2v) is 6.03. The van der Waals surface area contributed by atoms with Gasteiger partial charge in [0.15, 0.2) is 0 Å². The molecule has 0 heterocycles. The van der Waals surface area contributed by atoms with E-state index in [0.717, 1.165) is 15.6 Å². The molecule has 0 aliphatic rings. The summed E-state index contributed by atoms with van der Waals surface area (Å²) in [7, 11) is 3.35. The van der Waals surface area contributed by atoms with Crippen LogP contribution in [0, 0.1) is 6.92 Å². The minimum absolute atomic E-state index is 0.174. The average molecular weight is 363 g/mol. The highest BCUT2D eigenvalue weighted by Crippen LogP contribution is 2.25. The number of ether oxygens (including phenoxy) is 1. The summed E-state index contributed by atoms with van der Waals surface area (Å²) in [4.78, 5) is 13.9. The number of nitrogens with zero attached hydrogens (tertiary/aromatic N) is 1. The Kier molecular flexibility index (Phi) is 5.44. The summed E-state index contributed by atoms with van der Waals surface area (Å²) >= 11 is 3.40. The van der Waals surface area contributed by atoms with E-state index >= 15 is 0 Å². The number of benzene rings is 2. The number of methoxy groups -OCH3 is 1. The normalized spacial score (nSPS) is 10.2. The molecule has 2 amide bonds. The SMILES string of the molecule is COc1ccc(C)cc1NC(=O)N(C)Cc1ccc(Br)cc1. The van der Waals surface area contributed by atoms with E-state index in [1.807, 2.05) is 49.4 Å². The summed E-state index contributed by atoms with van der Waals surface area (Å²) < 4.78 is 6.30. The molecule has 0 radical (unpaired) electrons. The molecule has 1 N–H and O–H groups in total. The van der Waals surface area contributed by atoms with Crippen LogP contribution >= 0.6 is 15.9 Å². The van der Waals surface area contributed by atoms with Crippen molar-refractivity contribution in [3.8, 4) is 5.75 Å². The van der Waals surface area contributed by atoms with Crippen molar-refractivity contribution in [1.82, 2.24) is 4.90 Å². The first-order valence-corrected chi connectivity index (χ1v) is 7.70. The van der Waals surface area contributed by atoms with Gasteiger partial charge in [0.2, 0.25) is 0 Å². The second-order valence-electron chi connectivity index (χ2n) is 5.12. The molecular formula is C17H19BrN2O2. The fraction of sp³-hybridized carbons (Fsp3) is 0.235. The number of carbonyl (C=O) groups is 1. The molecule has 22 heavy (non-hydrogen) atoms. The number of nitrogens with one attached hydrogen (secondary N) is 1. The van der Waals surface area contributed by atoms with Gasteiger partial charge in [-0.05, 0) is 42.3 Å². The van der Waals surface area contributed by atoms with Crippen LogP contribution in [-0.2, 0) is 6.54 Å². The van der Waals surface area contributed by atoms with Gasteiger partial charge in [-0.2, -0.15) is 0 Å². The lowest BCUT2D eigenvalue weighted by atomic mass is 10.2. The van der Waals surface area contributed by atoms with E-state index in [1.165, 1.54) is 0 Å². The number of urea groups is 1. The van der Waals surface area contributed by atoms with Crippen molar-refractivity contribution in [1.29, 1.82) is 0 Å². The van der Waals surface area contributed by atoms with Crippen molar-refractivity contribution in [2.45, 2.75) is 13.5 Å². The standard InChI is InChI=1S/C17H19BrN2O2/c1-12-4-9-16(22-3)15(10-12)19-17(21)20(2)11-13-5-7-14(18)8-6-13/h4-10H,11H2,1-3H3,(H,19,21). The zero-order chi connectivity index (χ0) is 16.1. The van der Waals surface area contributed by atoms with E-state index in [1.54, 1.807) is 19.1 Å². The Hall–Kier alpha value is -2.01. The first-order chi connectivity index (χ1) is 10.5. The van der Waals surface area contributed by atoms with Gasteiger partial charge in [0.1, 0.15) is 5.75 Å². The molecule has 0 saturated heterocycles. The molecule has 0 saturated carbocycles. The second kappa shape index (κ2) is 7.31. The highest BCUT2D eigenvalue weighted by molar-refractivity contribution is 9.10. The molecule has 116 valence electrons. The molecule has 0 aliphatic heterocycles. The van der Waals surface area contributed by atoms with E-state index < -0.39 is 0 Å². The molecule has 2 rings (SSSR count). The molecule has 0 spiro atoms. The molecule has 5 heteroatoms. The molecule has 0 atom stereocenters. The lowest BCUT2D eigenvalue weighted by Gasteiger charge is -2.19. The molecule has 0 fully saturated rings. The van der Waals surface area contributed by atoms with Gasteiger partial charge < -0.3 is 15.0 Å². The summed E-state index contributed by atoms with van der Waals surface area (Å²) in [6, 6.07) is 13.4. The topological polar surface area (TPSA) is 41.6 Å². The lowest BCUT2D eigenvalue weighted by molar-refractivity contribution is 0.220. The Bertz CT molecular complexity index is 656. The largest absolute Gasteiger partial charge is 0.495 e. The molecule has 0 aromatic heterocycles. The summed E-state index contributed by atoms with van der Waals surface area (Å²) in [6.07, 6.45) is 0. The van der Waals surface area contributed by atoms with Crippen LogP contribution in [0.15, 0.2) is 46.9 Å². The molecule has 0 unspecified atom stereocenters. The Morgan fingerprint density at radius 1 is 1.23 bits per heavy atom. The molecule has 4 nitrogen and oxygen atoms in total. The molecule has 2 aromatic rings. The third-order valence-electron chi connectivity index (χ3n) is 3.28. The van der Waals surface area contributed by atoms with Crippen LogP contribution in [0.5, 0.6) is 5.75 Å². The van der Waals surface area contributed by atoms with Gasteiger partial charge in [0.05, 0.1) is 12.8 Å². The van der Waals surface area contributed by atoms with Crippen LogP contribution in [0.4, 0.5) is 10.5 Å². The quantitative estimate of drug-likeness (QED) is 0.873. The van der Waals surface area contributed by atoms with E-state index in [-0.39, 0.29) is 6.03 Å². The Balaban J connectivity index is 2.05. The summed E-state index contributed by atoms with van der Waals surface area (Å²) in [5, 5.41) is 2.89. The van der Waals surface area contributed by atoms with Gasteiger partial charge in [0, 0.05) is 18.1 Å². The molecule has 0 bridgehead atoms. The number of anilines is 1. The number of rotatable bonds is 4. The number of hydrogen-bond acceptors (Lipinski definition) is 2. The van der Waals surface area contributed by atoms with E-state index in [9.17, 15) is 4.79 Å². The van der Waals surface area contributed by atoms with E-state index in [2.05, 4.69) is 21.2 Å². The van der Waals surface area contributed by atoms with Crippen molar-refractivity contribution in [3.05, 3.63) is 58.1 Å². The number of carbonyl (C=O) groups excluding carboxylic acids is 1. The predicted octanol–water partition coefficient (Wildman–Crippen LogP) is 4.43. The molecular weight excluding hydrogens is 344 g/mol. The van der Waals surface area contributed by atoms with Gasteiger partial charge in [-0.25, -0.2) is 4.79 Å². The van der Waals surface area contributed by atoms with E-state index in [4.69, 9.17) is 4.74 Å². The van der Waals surface area contributed by atoms with Crippen molar-refractivity contribution in [2.24, 2.45) is 0 Å². The fourth-order valence-electron chi connectivity index (χ4n) is 2.07. The van der Waals surface area contributed by atoms with Gasteiger partial charge in [0.25, 0.3) is 0 Å². The predicted molar refractivity (Wildman–Crippen MR) is 92.4 cm³/mol. The minimum atomic E-state index is -0.174. The van der Waals surface area contributed by atoms with Crippen LogP contribution in [0.25, 0.3) is 0 Å². The van der Waals surface area contributed by atoms with Gasteiger partial charge >= 0.3 is 6.03 Å². The maximum atomic E-state index is 12.3. The van der Waals surface area contributed by atoms with Gasteiger partial charge in [-0.3, -0.25) is 0 Å². The smallest absolute Gasteiger partial charge is 0.321 e. The van der Waals surface area contributed by atoms with Crippen molar-refractivity contribution in [2.75, 3.05) is 19.5 Å². The summed E-state index contributed by atoms with van der Waals surface area (Å²) in [5.74, 6) is 0.649. The van der Waals surface area contributed by atoms with Gasteiger partial charge in [-0.15, -0.1) is 0 Å². The zero-order valence-electron chi connectivity index (χ0n) is 12.9. The number of hydrogen-bond donors (Lipinski definition) is 1. The number of aryl methyl sites for hydroxylation is 1. The lowest BCUT2D eigenvalue weighted by Crippen LogP contribution is -2.31. The first-order valence-electron chi connectivity index (χ1n) is 6.91. The summed E-state index contributed by atoms with van der Waals surface area (Å²) in [5.41, 5.74) is 2.80. The van der Waals surface area contributed by atoms with Crippen molar-refractivity contribution >= 4 is 27.6 Å². The van der Waals surface area contributed by atoms with Crippen LogP contribution in [0.2, 0.25) is 0 Å². The Morgan fingerprint density at radius 3 is 2.55 bits per heavy atom. The third-order valence-corrected chi connectivity index (χ3v) is 3.80. The van der Waals surface area contributed by atoms with Crippen LogP contribution in [0.3, 0.4) is 0 Å². The maximum Gasteiger partial charge on any atom is 0.321 e. The molecule has 0 aliphatic carbocycles. The zero-order valence-corrected chi connectivity index (χ0v) is 14.5. The highest BCUT2D eigenvalue weighted by Gasteiger charge is 2.12. The first kappa shape index (κ1) is 16.4. The highest BCUT2D eigenvalue weighted by atomic mass is 79.9. The third kappa shape index (κ3) is 4.24. The van der Waals surface area contributed by atoms with Crippen molar-refractivity contribution < 1.29 is 9.53 Å². The maximum absolute atomic E-state index is 12.3. The van der Waals surface area contributed by atoms with Gasteiger partial charge in [-0.1, -0.05) is 34.1 Å². The number of halogens is 1. The fourth-order valence-corrected chi connectivity index (χ4v) is 2.33. The van der Waals surface area contributed by atoms with Crippen molar-refractivity contribution in [3.63, 3.8) is 0 Å². The Labute approximate surface area is 139 Å². The molecule has 2 aromatic carbocycles. The van der Waals surface area contributed by atoms with Crippen LogP contribution < -0.4 is 10.1 Å². The minimum Gasteiger partial charge on any atom is -0.495 e. The average Bonchev–Trinajstić information content (AvgIpc) is 2.49. The Morgan fingerprint density at radius 2 is 1.91 bits per heavy atom. The number of amides is 2. The van der Waals surface area contributed by atoms with E-state index in [0.29, 0.717) is 18.0 Å². The summed E-state index contributed by atoms with van der Waals surface area (Å²) in [6.45, 7) is 2.51. The van der Waals surface area contributed by atoms with Crippen LogP contribution in [0.1, 0.15) is 11.1 Å². The monoisotopic (exact) mass is 362 g/mol.